The molecule has 0 aliphatic carbocycles. The molecule has 1 atom stereocenters. The van der Waals surface area contributed by atoms with Crippen LogP contribution in [0.25, 0.3) is 0 Å². The van der Waals surface area contributed by atoms with E-state index in [2.05, 4.69) is 16.3 Å². The molecular weight excluding hydrogens is 250 g/mol. The predicted molar refractivity (Wildman–Crippen MR) is 82.4 cm³/mol. The Morgan fingerprint density at radius 3 is 2.75 bits per heavy atom. The predicted octanol–water partition coefficient (Wildman–Crippen LogP) is 2.21. The van der Waals surface area contributed by atoms with Crippen molar-refractivity contribution < 1.29 is 4.79 Å². The highest BCUT2D eigenvalue weighted by Crippen LogP contribution is 2.20. The van der Waals surface area contributed by atoms with Crippen molar-refractivity contribution >= 4 is 11.6 Å². The van der Waals surface area contributed by atoms with Crippen molar-refractivity contribution in [2.45, 2.75) is 32.7 Å². The van der Waals surface area contributed by atoms with Gasteiger partial charge in [-0.25, -0.2) is 0 Å². The number of rotatable bonds is 6. The minimum absolute atomic E-state index is 0.0526. The molecular formula is C16H25N3O. The van der Waals surface area contributed by atoms with E-state index >= 15 is 0 Å². The maximum atomic E-state index is 12.0. The van der Waals surface area contributed by atoms with Crippen LogP contribution in [0.1, 0.15) is 31.7 Å². The number of benzene rings is 1. The van der Waals surface area contributed by atoms with E-state index in [1.807, 2.05) is 25.1 Å². The molecule has 3 N–H and O–H groups in total. The first-order valence-corrected chi connectivity index (χ1v) is 7.49. The summed E-state index contributed by atoms with van der Waals surface area (Å²) in [7, 11) is 0. The normalized spacial score (nSPS) is 17.1. The van der Waals surface area contributed by atoms with Crippen LogP contribution in [-0.2, 0) is 11.3 Å². The third kappa shape index (κ3) is 4.32. The molecule has 0 spiro atoms. The van der Waals surface area contributed by atoms with Crippen LogP contribution in [0, 0.1) is 5.92 Å². The molecule has 0 radical (unpaired) electrons. The van der Waals surface area contributed by atoms with Gasteiger partial charge in [0.05, 0.1) is 0 Å². The van der Waals surface area contributed by atoms with Gasteiger partial charge in [0.15, 0.2) is 0 Å². The zero-order valence-corrected chi connectivity index (χ0v) is 12.3. The molecule has 1 aromatic carbocycles. The summed E-state index contributed by atoms with van der Waals surface area (Å²) in [6.45, 7) is 5.78. The molecule has 1 fully saturated rings. The molecule has 1 unspecified atom stereocenters. The number of para-hydroxylation sites is 1. The maximum absolute atomic E-state index is 12.0. The van der Waals surface area contributed by atoms with Crippen molar-refractivity contribution in [2.75, 3.05) is 25.0 Å². The van der Waals surface area contributed by atoms with Crippen LogP contribution in [0.15, 0.2) is 24.3 Å². The second-order valence-electron chi connectivity index (χ2n) is 5.73. The van der Waals surface area contributed by atoms with Crippen molar-refractivity contribution in [2.24, 2.45) is 11.7 Å². The van der Waals surface area contributed by atoms with Gasteiger partial charge in [-0.3, -0.25) is 9.69 Å². The highest BCUT2D eigenvalue weighted by atomic mass is 16.1. The SMILES string of the molecule is CC(CN)CC(=O)Nc1ccccc1CN1CCCC1. The molecule has 1 heterocycles. The molecule has 2 rings (SSSR count). The number of nitrogens with two attached hydrogens (primary N) is 1. The van der Waals surface area contributed by atoms with Crippen LogP contribution in [0.3, 0.4) is 0 Å². The monoisotopic (exact) mass is 275 g/mol. The number of anilines is 1. The number of carbonyl (C=O) groups excluding carboxylic acids is 1. The van der Waals surface area contributed by atoms with Crippen molar-refractivity contribution in [3.63, 3.8) is 0 Å². The van der Waals surface area contributed by atoms with Gasteiger partial charge >= 0.3 is 0 Å². The largest absolute Gasteiger partial charge is 0.330 e. The summed E-state index contributed by atoms with van der Waals surface area (Å²) in [5.41, 5.74) is 7.70. The van der Waals surface area contributed by atoms with Gasteiger partial charge < -0.3 is 11.1 Å². The Bertz CT molecular complexity index is 441. The standard InChI is InChI=1S/C16H25N3O/c1-13(11-17)10-16(20)18-15-7-3-2-6-14(15)12-19-8-4-5-9-19/h2-3,6-7,13H,4-5,8-12,17H2,1H3,(H,18,20). The lowest BCUT2D eigenvalue weighted by molar-refractivity contribution is -0.116. The first-order chi connectivity index (χ1) is 9.69. The third-order valence-electron chi connectivity index (χ3n) is 3.82. The summed E-state index contributed by atoms with van der Waals surface area (Å²) >= 11 is 0. The first-order valence-electron chi connectivity index (χ1n) is 7.49. The van der Waals surface area contributed by atoms with Gasteiger partial charge in [-0.05, 0) is 50.0 Å². The molecule has 0 bridgehead atoms. The average molecular weight is 275 g/mol. The molecule has 1 saturated heterocycles. The van der Waals surface area contributed by atoms with Gasteiger partial charge in [0.25, 0.3) is 0 Å². The zero-order chi connectivity index (χ0) is 14.4. The number of nitrogens with zero attached hydrogens (tertiary/aromatic N) is 1. The van der Waals surface area contributed by atoms with Gasteiger partial charge in [0, 0.05) is 18.7 Å². The third-order valence-corrected chi connectivity index (χ3v) is 3.82. The van der Waals surface area contributed by atoms with Gasteiger partial charge in [0.1, 0.15) is 0 Å². The quantitative estimate of drug-likeness (QED) is 0.837. The van der Waals surface area contributed by atoms with E-state index in [1.165, 1.54) is 18.4 Å². The minimum atomic E-state index is 0.0526. The second kappa shape index (κ2) is 7.41. The molecule has 20 heavy (non-hydrogen) atoms. The Hall–Kier alpha value is -1.39. The number of amides is 1. The van der Waals surface area contributed by atoms with Crippen LogP contribution in [0.4, 0.5) is 5.69 Å². The van der Waals surface area contributed by atoms with Crippen molar-refractivity contribution in [1.29, 1.82) is 0 Å². The summed E-state index contributed by atoms with van der Waals surface area (Å²) in [6.07, 6.45) is 3.04. The number of carbonyl (C=O) groups is 1. The molecule has 0 aromatic heterocycles. The Balaban J connectivity index is 1.98. The summed E-state index contributed by atoms with van der Waals surface area (Å²) in [6, 6.07) is 8.08. The zero-order valence-electron chi connectivity index (χ0n) is 12.3. The highest BCUT2D eigenvalue weighted by molar-refractivity contribution is 5.91. The average Bonchev–Trinajstić information content (AvgIpc) is 2.93. The van der Waals surface area contributed by atoms with Crippen molar-refractivity contribution in [3.8, 4) is 0 Å². The molecule has 4 nitrogen and oxygen atoms in total. The summed E-state index contributed by atoms with van der Waals surface area (Å²) in [5, 5.41) is 3.03. The fourth-order valence-electron chi connectivity index (χ4n) is 2.56. The van der Waals surface area contributed by atoms with Crippen LogP contribution in [0.5, 0.6) is 0 Å². The molecule has 110 valence electrons. The first kappa shape index (κ1) is 15.0. The summed E-state index contributed by atoms with van der Waals surface area (Å²) in [5.74, 6) is 0.276. The van der Waals surface area contributed by atoms with Crippen LogP contribution in [-0.4, -0.2) is 30.4 Å². The summed E-state index contributed by atoms with van der Waals surface area (Å²) < 4.78 is 0. The Labute approximate surface area is 121 Å². The number of hydrogen-bond acceptors (Lipinski definition) is 3. The topological polar surface area (TPSA) is 58.4 Å². The van der Waals surface area contributed by atoms with E-state index in [9.17, 15) is 4.79 Å². The Morgan fingerprint density at radius 2 is 2.05 bits per heavy atom. The van der Waals surface area contributed by atoms with E-state index in [0.717, 1.165) is 25.3 Å². The van der Waals surface area contributed by atoms with Gasteiger partial charge in [-0.1, -0.05) is 25.1 Å². The Morgan fingerprint density at radius 1 is 1.35 bits per heavy atom. The van der Waals surface area contributed by atoms with Gasteiger partial charge in [0.2, 0.25) is 5.91 Å². The van der Waals surface area contributed by atoms with E-state index in [0.29, 0.717) is 13.0 Å². The molecule has 4 heteroatoms. The fourth-order valence-corrected chi connectivity index (χ4v) is 2.56. The fraction of sp³-hybridized carbons (Fsp3) is 0.562. The lowest BCUT2D eigenvalue weighted by atomic mass is 10.1. The summed E-state index contributed by atoms with van der Waals surface area (Å²) in [4.78, 5) is 14.4. The molecule has 1 aromatic rings. The molecule has 1 amide bonds. The Kier molecular flexibility index (Phi) is 5.56. The lowest BCUT2D eigenvalue weighted by Gasteiger charge is -2.18. The van der Waals surface area contributed by atoms with E-state index < -0.39 is 0 Å². The van der Waals surface area contributed by atoms with Crippen LogP contribution < -0.4 is 11.1 Å². The number of nitrogens with one attached hydrogen (secondary N) is 1. The molecule has 0 saturated carbocycles. The maximum Gasteiger partial charge on any atom is 0.224 e. The van der Waals surface area contributed by atoms with Gasteiger partial charge in [-0.15, -0.1) is 0 Å². The number of likely N-dealkylation sites (tertiary alicyclic amines) is 1. The molecule has 1 aliphatic heterocycles. The van der Waals surface area contributed by atoms with Crippen LogP contribution >= 0.6 is 0 Å². The lowest BCUT2D eigenvalue weighted by Crippen LogP contribution is -2.22. The van der Waals surface area contributed by atoms with Crippen molar-refractivity contribution in [3.05, 3.63) is 29.8 Å². The smallest absolute Gasteiger partial charge is 0.224 e. The van der Waals surface area contributed by atoms with E-state index in [1.54, 1.807) is 0 Å². The van der Waals surface area contributed by atoms with Gasteiger partial charge in [-0.2, -0.15) is 0 Å². The number of hydrogen-bond donors (Lipinski definition) is 2. The van der Waals surface area contributed by atoms with Crippen molar-refractivity contribution in [1.82, 2.24) is 4.90 Å². The minimum Gasteiger partial charge on any atom is -0.330 e. The van der Waals surface area contributed by atoms with E-state index in [4.69, 9.17) is 5.73 Å². The second-order valence-corrected chi connectivity index (χ2v) is 5.73. The highest BCUT2D eigenvalue weighted by Gasteiger charge is 2.15. The van der Waals surface area contributed by atoms with E-state index in [-0.39, 0.29) is 11.8 Å². The van der Waals surface area contributed by atoms with Crippen LogP contribution in [0.2, 0.25) is 0 Å². The molecule has 1 aliphatic rings.